The average Bonchev–Trinajstić information content (AvgIpc) is 2.73. The first kappa shape index (κ1) is 21.4. The lowest BCUT2D eigenvalue weighted by atomic mass is 9.94. The Kier molecular flexibility index (Phi) is 6.14. The van der Waals surface area contributed by atoms with Crippen LogP contribution in [-0.2, 0) is 10.5 Å². The molecule has 3 rings (SSSR count). The third-order valence-corrected chi connectivity index (χ3v) is 4.86. The van der Waals surface area contributed by atoms with Crippen LogP contribution in [0, 0.1) is 0 Å². The number of amides is 3. The second kappa shape index (κ2) is 8.60. The van der Waals surface area contributed by atoms with E-state index in [0.717, 1.165) is 4.90 Å². The molecule has 9 heteroatoms. The maximum Gasteiger partial charge on any atom is 0.329 e. The van der Waals surface area contributed by atoms with Gasteiger partial charge in [0.2, 0.25) is 0 Å². The summed E-state index contributed by atoms with van der Waals surface area (Å²) in [5, 5.41) is 17.2. The number of benzene rings is 2. The van der Waals surface area contributed by atoms with Gasteiger partial charge in [0, 0.05) is 24.7 Å². The van der Waals surface area contributed by atoms with Gasteiger partial charge < -0.3 is 30.1 Å². The van der Waals surface area contributed by atoms with E-state index < -0.39 is 17.7 Å². The topological polar surface area (TPSA) is 103 Å². The van der Waals surface area contributed by atoms with Crippen LogP contribution < -0.4 is 25.0 Å². The number of carbonyl (C=O) groups is 2. The standard InChI is InChI=1S/C21H26N4O5/c1-24(2)12-11-22-19(26)21(28)15-7-5-6-8-16(15)23-20(27)25(21)17-10-9-14(29-3)13-18(17)30-4/h5-10,13,28H,11-12H2,1-4H3,(H,22,26)(H,23,27). The molecule has 1 aliphatic rings. The number of likely N-dealkylation sites (N-methyl/N-ethyl adjacent to an activating group) is 1. The van der Waals surface area contributed by atoms with Crippen molar-refractivity contribution < 1.29 is 24.2 Å². The quantitative estimate of drug-likeness (QED) is 0.636. The molecular formula is C21H26N4O5. The Morgan fingerprint density at radius 2 is 1.93 bits per heavy atom. The molecule has 1 unspecified atom stereocenters. The zero-order chi connectivity index (χ0) is 21.9. The minimum Gasteiger partial charge on any atom is -0.497 e. The SMILES string of the molecule is COc1ccc(N2C(=O)Nc3ccccc3C2(O)C(=O)NCCN(C)C)c(OC)c1. The Morgan fingerprint density at radius 3 is 2.60 bits per heavy atom. The molecule has 1 atom stereocenters. The second-order valence-corrected chi connectivity index (χ2v) is 7.08. The molecular weight excluding hydrogens is 388 g/mol. The number of nitrogens with zero attached hydrogens (tertiary/aromatic N) is 2. The van der Waals surface area contributed by atoms with Gasteiger partial charge in [-0.15, -0.1) is 0 Å². The fourth-order valence-corrected chi connectivity index (χ4v) is 3.33. The van der Waals surface area contributed by atoms with Crippen molar-refractivity contribution >= 4 is 23.3 Å². The molecule has 0 saturated carbocycles. The summed E-state index contributed by atoms with van der Waals surface area (Å²) in [6.45, 7) is 0.868. The number of hydrogen-bond donors (Lipinski definition) is 3. The van der Waals surface area contributed by atoms with Gasteiger partial charge in [-0.25, -0.2) is 9.69 Å². The van der Waals surface area contributed by atoms with Crippen molar-refractivity contribution in [2.45, 2.75) is 5.72 Å². The predicted octanol–water partition coefficient (Wildman–Crippen LogP) is 1.58. The van der Waals surface area contributed by atoms with Crippen LogP contribution in [-0.4, -0.2) is 63.3 Å². The molecule has 9 nitrogen and oxygen atoms in total. The summed E-state index contributed by atoms with van der Waals surface area (Å²) in [5.74, 6) is 0.0558. The van der Waals surface area contributed by atoms with Crippen LogP contribution in [0.1, 0.15) is 5.56 Å². The molecule has 30 heavy (non-hydrogen) atoms. The van der Waals surface area contributed by atoms with E-state index in [-0.39, 0.29) is 17.0 Å². The summed E-state index contributed by atoms with van der Waals surface area (Å²) in [7, 11) is 6.69. The van der Waals surface area contributed by atoms with E-state index in [1.54, 1.807) is 42.5 Å². The van der Waals surface area contributed by atoms with Gasteiger partial charge in [-0.05, 0) is 32.3 Å². The first-order valence-corrected chi connectivity index (χ1v) is 9.41. The Balaban J connectivity index is 2.13. The van der Waals surface area contributed by atoms with E-state index in [0.29, 0.717) is 24.5 Å². The molecule has 0 saturated heterocycles. The number of carbonyl (C=O) groups excluding carboxylic acids is 2. The zero-order valence-electron chi connectivity index (χ0n) is 17.4. The van der Waals surface area contributed by atoms with Crippen molar-refractivity contribution in [3.63, 3.8) is 0 Å². The van der Waals surface area contributed by atoms with Gasteiger partial charge >= 0.3 is 6.03 Å². The van der Waals surface area contributed by atoms with Gasteiger partial charge in [-0.2, -0.15) is 0 Å². The maximum atomic E-state index is 13.2. The molecule has 0 aromatic heterocycles. The highest BCUT2D eigenvalue weighted by atomic mass is 16.5. The summed E-state index contributed by atoms with van der Waals surface area (Å²) < 4.78 is 10.6. The highest BCUT2D eigenvalue weighted by Crippen LogP contribution is 2.43. The highest BCUT2D eigenvalue weighted by Gasteiger charge is 2.52. The second-order valence-electron chi connectivity index (χ2n) is 7.08. The summed E-state index contributed by atoms with van der Waals surface area (Å²) in [6.07, 6.45) is 0. The molecule has 160 valence electrons. The van der Waals surface area contributed by atoms with Gasteiger partial charge in [-0.3, -0.25) is 4.79 Å². The molecule has 0 bridgehead atoms. The Morgan fingerprint density at radius 1 is 1.20 bits per heavy atom. The lowest BCUT2D eigenvalue weighted by molar-refractivity contribution is -0.140. The summed E-state index contributed by atoms with van der Waals surface area (Å²) in [4.78, 5) is 29.2. The predicted molar refractivity (Wildman–Crippen MR) is 113 cm³/mol. The number of rotatable bonds is 7. The summed E-state index contributed by atoms with van der Waals surface area (Å²) >= 11 is 0. The first-order valence-electron chi connectivity index (χ1n) is 9.41. The van der Waals surface area contributed by atoms with Crippen LogP contribution in [0.4, 0.5) is 16.2 Å². The van der Waals surface area contributed by atoms with Crippen molar-refractivity contribution in [2.75, 3.05) is 51.6 Å². The van der Waals surface area contributed by atoms with E-state index in [1.807, 2.05) is 19.0 Å². The monoisotopic (exact) mass is 414 g/mol. The number of fused-ring (bicyclic) bond motifs is 1. The van der Waals surface area contributed by atoms with Crippen LogP contribution in [0.2, 0.25) is 0 Å². The van der Waals surface area contributed by atoms with Gasteiger partial charge in [-0.1, -0.05) is 18.2 Å². The Hall–Kier alpha value is -3.30. The highest BCUT2D eigenvalue weighted by molar-refractivity contribution is 6.12. The minimum absolute atomic E-state index is 0.218. The fourth-order valence-electron chi connectivity index (χ4n) is 3.33. The average molecular weight is 414 g/mol. The van der Waals surface area contributed by atoms with Crippen LogP contribution in [0.5, 0.6) is 11.5 Å². The third-order valence-electron chi connectivity index (χ3n) is 4.86. The van der Waals surface area contributed by atoms with Crippen molar-refractivity contribution in [2.24, 2.45) is 0 Å². The van der Waals surface area contributed by atoms with Crippen LogP contribution in [0.3, 0.4) is 0 Å². The fraction of sp³-hybridized carbons (Fsp3) is 0.333. The number of aliphatic hydroxyl groups is 1. The molecule has 3 N–H and O–H groups in total. The Labute approximate surface area is 175 Å². The lowest BCUT2D eigenvalue weighted by Crippen LogP contribution is -2.63. The molecule has 1 aliphatic heterocycles. The molecule has 0 radical (unpaired) electrons. The molecule has 1 heterocycles. The number of anilines is 2. The number of hydrogen-bond acceptors (Lipinski definition) is 6. The number of para-hydroxylation sites is 1. The number of urea groups is 1. The van der Waals surface area contributed by atoms with Crippen molar-refractivity contribution in [1.82, 2.24) is 10.2 Å². The molecule has 0 aliphatic carbocycles. The van der Waals surface area contributed by atoms with Crippen molar-refractivity contribution in [3.8, 4) is 11.5 Å². The van der Waals surface area contributed by atoms with E-state index >= 15 is 0 Å². The van der Waals surface area contributed by atoms with Gasteiger partial charge in [0.15, 0.2) is 0 Å². The van der Waals surface area contributed by atoms with Gasteiger partial charge in [0.25, 0.3) is 11.6 Å². The Bertz CT molecular complexity index is 949. The molecule has 3 amide bonds. The van der Waals surface area contributed by atoms with Gasteiger partial charge in [0.1, 0.15) is 11.5 Å². The number of methoxy groups -OCH3 is 2. The molecule has 0 spiro atoms. The third kappa shape index (κ3) is 3.77. The first-order chi connectivity index (χ1) is 14.3. The van der Waals surface area contributed by atoms with Gasteiger partial charge in [0.05, 0.1) is 25.6 Å². The van der Waals surface area contributed by atoms with E-state index in [2.05, 4.69) is 10.6 Å². The lowest BCUT2D eigenvalue weighted by Gasteiger charge is -2.43. The minimum atomic E-state index is -2.28. The van der Waals surface area contributed by atoms with Crippen molar-refractivity contribution in [1.29, 1.82) is 0 Å². The molecule has 0 fully saturated rings. The smallest absolute Gasteiger partial charge is 0.329 e. The normalized spacial score (nSPS) is 17.9. The van der Waals surface area contributed by atoms with E-state index in [1.165, 1.54) is 14.2 Å². The maximum absolute atomic E-state index is 13.2. The largest absolute Gasteiger partial charge is 0.497 e. The van der Waals surface area contributed by atoms with Crippen LogP contribution in [0.25, 0.3) is 0 Å². The summed E-state index contributed by atoms with van der Waals surface area (Å²) in [6, 6.07) is 10.7. The molecule has 2 aromatic rings. The number of nitrogens with one attached hydrogen (secondary N) is 2. The van der Waals surface area contributed by atoms with Crippen LogP contribution in [0.15, 0.2) is 42.5 Å². The summed E-state index contributed by atoms with van der Waals surface area (Å²) in [5.41, 5.74) is -1.45. The van der Waals surface area contributed by atoms with Crippen LogP contribution >= 0.6 is 0 Å². The van der Waals surface area contributed by atoms with E-state index in [4.69, 9.17) is 9.47 Å². The zero-order valence-corrected chi connectivity index (χ0v) is 17.4. The molecule has 2 aromatic carbocycles. The van der Waals surface area contributed by atoms with Crippen molar-refractivity contribution in [3.05, 3.63) is 48.0 Å². The number of ether oxygens (including phenoxy) is 2. The van der Waals surface area contributed by atoms with E-state index in [9.17, 15) is 14.7 Å².